The number of carbonyl (C=O) groups is 1. The van der Waals surface area contributed by atoms with Crippen LogP contribution < -0.4 is 5.32 Å². The van der Waals surface area contributed by atoms with Crippen molar-refractivity contribution in [3.8, 4) is 0 Å². The van der Waals surface area contributed by atoms with Gasteiger partial charge >= 0.3 is 0 Å². The Morgan fingerprint density at radius 3 is 2.85 bits per heavy atom. The number of aliphatic hydroxyl groups excluding tert-OH is 1. The molecule has 2 rings (SSSR count). The zero-order valence-corrected chi connectivity index (χ0v) is 12.0. The van der Waals surface area contributed by atoms with Crippen molar-refractivity contribution in [2.75, 3.05) is 0 Å². The third-order valence-electron chi connectivity index (χ3n) is 3.55. The number of pyridine rings is 1. The molecular formula is C15H21N3O2. The van der Waals surface area contributed by atoms with Crippen LogP contribution in [0.1, 0.15) is 32.3 Å². The minimum atomic E-state index is -0.0522. The van der Waals surface area contributed by atoms with Crippen molar-refractivity contribution < 1.29 is 9.90 Å². The summed E-state index contributed by atoms with van der Waals surface area (Å²) in [6.45, 7) is 4.29. The first-order valence-electron chi connectivity index (χ1n) is 7.02. The molecule has 0 aromatic carbocycles. The van der Waals surface area contributed by atoms with E-state index < -0.39 is 0 Å². The summed E-state index contributed by atoms with van der Waals surface area (Å²) in [6, 6.07) is 3.95. The van der Waals surface area contributed by atoms with E-state index in [4.69, 9.17) is 0 Å². The molecule has 0 unspecified atom stereocenters. The lowest BCUT2D eigenvalue weighted by atomic mass is 10.2. The van der Waals surface area contributed by atoms with Gasteiger partial charge in [0.1, 0.15) is 12.2 Å². The second-order valence-electron chi connectivity index (χ2n) is 4.90. The molecule has 108 valence electrons. The summed E-state index contributed by atoms with van der Waals surface area (Å²) in [7, 11) is 0. The molecule has 0 fully saturated rings. The highest BCUT2D eigenvalue weighted by Gasteiger charge is 2.13. The summed E-state index contributed by atoms with van der Waals surface area (Å²) in [6.07, 6.45) is 5.34. The predicted octanol–water partition coefficient (Wildman–Crippen LogP) is 1.83. The van der Waals surface area contributed by atoms with E-state index in [0.717, 1.165) is 29.4 Å². The van der Waals surface area contributed by atoms with Crippen LogP contribution in [0.25, 0.3) is 11.0 Å². The third kappa shape index (κ3) is 2.99. The van der Waals surface area contributed by atoms with Crippen LogP contribution >= 0.6 is 0 Å². The number of nitrogens with one attached hydrogen (secondary N) is 1. The number of carbonyl (C=O) groups excluding carboxylic acids is 1. The zero-order chi connectivity index (χ0) is 14.5. The molecule has 0 aliphatic carbocycles. The molecule has 1 amide bonds. The van der Waals surface area contributed by atoms with Crippen molar-refractivity contribution in [3.05, 3.63) is 30.1 Å². The Balaban J connectivity index is 2.19. The molecule has 0 bridgehead atoms. The number of aliphatic hydroxyl groups is 1. The summed E-state index contributed by atoms with van der Waals surface area (Å²) in [5.74, 6) is -0.0225. The van der Waals surface area contributed by atoms with Gasteiger partial charge in [-0.15, -0.1) is 0 Å². The molecule has 2 N–H and O–H groups in total. The Kier molecular flexibility index (Phi) is 4.74. The summed E-state index contributed by atoms with van der Waals surface area (Å²) >= 11 is 0. The van der Waals surface area contributed by atoms with Gasteiger partial charge in [0.15, 0.2) is 0 Å². The smallest absolute Gasteiger partial charge is 0.240 e. The molecule has 5 nitrogen and oxygen atoms in total. The zero-order valence-electron chi connectivity index (χ0n) is 12.0. The summed E-state index contributed by atoms with van der Waals surface area (Å²) < 4.78 is 1.79. The van der Waals surface area contributed by atoms with Gasteiger partial charge in [-0.2, -0.15) is 0 Å². The highest BCUT2D eigenvalue weighted by atomic mass is 16.3. The number of fused-ring (bicyclic) bond motifs is 1. The molecule has 0 saturated carbocycles. The first-order valence-corrected chi connectivity index (χ1v) is 7.02. The Morgan fingerprint density at radius 1 is 1.45 bits per heavy atom. The van der Waals surface area contributed by atoms with Gasteiger partial charge in [0.2, 0.25) is 5.91 Å². The van der Waals surface area contributed by atoms with E-state index in [2.05, 4.69) is 24.1 Å². The number of hydrogen-bond acceptors (Lipinski definition) is 3. The van der Waals surface area contributed by atoms with Gasteiger partial charge in [0, 0.05) is 29.4 Å². The standard InChI is InChI=1S/C15H21N3O2/c1-3-12(4-2)17-14(20)9-18-8-11(10-19)13-6-5-7-16-15(13)18/h5-8,12,19H,3-4,9-10H2,1-2H3,(H,17,20). The highest BCUT2D eigenvalue weighted by Crippen LogP contribution is 2.19. The van der Waals surface area contributed by atoms with E-state index in [1.165, 1.54) is 0 Å². The van der Waals surface area contributed by atoms with Crippen LogP contribution in [0.2, 0.25) is 0 Å². The summed E-state index contributed by atoms with van der Waals surface area (Å²) in [5.41, 5.74) is 1.53. The molecular weight excluding hydrogens is 254 g/mol. The van der Waals surface area contributed by atoms with Crippen LogP contribution in [0.15, 0.2) is 24.5 Å². The lowest BCUT2D eigenvalue weighted by Gasteiger charge is -2.15. The number of rotatable bonds is 6. The minimum absolute atomic E-state index is 0.0225. The van der Waals surface area contributed by atoms with E-state index in [-0.39, 0.29) is 25.1 Å². The Morgan fingerprint density at radius 2 is 2.20 bits per heavy atom. The monoisotopic (exact) mass is 275 g/mol. The van der Waals surface area contributed by atoms with Crippen molar-refractivity contribution >= 4 is 16.9 Å². The first kappa shape index (κ1) is 14.5. The molecule has 0 radical (unpaired) electrons. The van der Waals surface area contributed by atoms with Crippen LogP contribution in [-0.4, -0.2) is 26.6 Å². The van der Waals surface area contributed by atoms with Gasteiger partial charge in [-0.05, 0) is 25.0 Å². The van der Waals surface area contributed by atoms with Crippen LogP contribution in [-0.2, 0) is 17.9 Å². The van der Waals surface area contributed by atoms with Gasteiger partial charge in [0.05, 0.1) is 6.61 Å². The van der Waals surface area contributed by atoms with Gasteiger partial charge in [-0.25, -0.2) is 4.98 Å². The van der Waals surface area contributed by atoms with Crippen molar-refractivity contribution in [3.63, 3.8) is 0 Å². The average Bonchev–Trinajstić information content (AvgIpc) is 2.83. The lowest BCUT2D eigenvalue weighted by molar-refractivity contribution is -0.122. The van der Waals surface area contributed by atoms with Gasteiger partial charge in [-0.1, -0.05) is 13.8 Å². The normalized spacial score (nSPS) is 11.2. The highest BCUT2D eigenvalue weighted by molar-refractivity contribution is 5.83. The second-order valence-corrected chi connectivity index (χ2v) is 4.90. The largest absolute Gasteiger partial charge is 0.392 e. The Bertz CT molecular complexity index is 588. The Labute approximate surface area is 118 Å². The number of hydrogen-bond donors (Lipinski definition) is 2. The van der Waals surface area contributed by atoms with Crippen LogP contribution in [0.5, 0.6) is 0 Å². The van der Waals surface area contributed by atoms with Crippen molar-refractivity contribution in [1.29, 1.82) is 0 Å². The fourth-order valence-electron chi connectivity index (χ4n) is 2.36. The van der Waals surface area contributed by atoms with Crippen molar-refractivity contribution in [2.45, 2.75) is 45.9 Å². The SMILES string of the molecule is CCC(CC)NC(=O)Cn1cc(CO)c2cccnc21. The molecule has 0 spiro atoms. The molecule has 2 aromatic rings. The molecule has 0 saturated heterocycles. The van der Waals surface area contributed by atoms with Crippen LogP contribution in [0.4, 0.5) is 0 Å². The fraction of sp³-hybridized carbons (Fsp3) is 0.467. The third-order valence-corrected chi connectivity index (χ3v) is 3.55. The molecule has 5 heteroatoms. The topological polar surface area (TPSA) is 67.2 Å². The van der Waals surface area contributed by atoms with Crippen LogP contribution in [0.3, 0.4) is 0 Å². The predicted molar refractivity (Wildman–Crippen MR) is 78.2 cm³/mol. The molecule has 2 heterocycles. The molecule has 0 aliphatic rings. The van der Waals surface area contributed by atoms with E-state index >= 15 is 0 Å². The molecule has 2 aromatic heterocycles. The van der Waals surface area contributed by atoms with E-state index in [1.807, 2.05) is 12.1 Å². The summed E-state index contributed by atoms with van der Waals surface area (Å²) in [5, 5.41) is 13.3. The maximum atomic E-state index is 12.1. The molecule has 20 heavy (non-hydrogen) atoms. The van der Waals surface area contributed by atoms with Gasteiger partial charge in [0.25, 0.3) is 0 Å². The van der Waals surface area contributed by atoms with Gasteiger partial charge < -0.3 is 15.0 Å². The number of amides is 1. The van der Waals surface area contributed by atoms with E-state index in [9.17, 15) is 9.90 Å². The quantitative estimate of drug-likeness (QED) is 0.845. The maximum Gasteiger partial charge on any atom is 0.240 e. The van der Waals surface area contributed by atoms with Crippen molar-refractivity contribution in [2.24, 2.45) is 0 Å². The van der Waals surface area contributed by atoms with E-state index in [1.54, 1.807) is 17.0 Å². The van der Waals surface area contributed by atoms with Crippen LogP contribution in [0, 0.1) is 0 Å². The average molecular weight is 275 g/mol. The molecule has 0 aliphatic heterocycles. The lowest BCUT2D eigenvalue weighted by Crippen LogP contribution is -2.36. The van der Waals surface area contributed by atoms with Gasteiger partial charge in [-0.3, -0.25) is 4.79 Å². The van der Waals surface area contributed by atoms with Crippen molar-refractivity contribution in [1.82, 2.24) is 14.9 Å². The summed E-state index contributed by atoms with van der Waals surface area (Å²) in [4.78, 5) is 16.4. The molecule has 0 atom stereocenters. The fourth-order valence-corrected chi connectivity index (χ4v) is 2.36. The second kappa shape index (κ2) is 6.52. The minimum Gasteiger partial charge on any atom is -0.392 e. The first-order chi connectivity index (χ1) is 9.69. The number of nitrogens with zero attached hydrogens (tertiary/aromatic N) is 2. The maximum absolute atomic E-state index is 12.1. The van der Waals surface area contributed by atoms with E-state index in [0.29, 0.717) is 0 Å². The number of aromatic nitrogens is 2. The Hall–Kier alpha value is -1.88.